The molecule has 0 bridgehead atoms. The molecule has 38 valence electrons. The summed E-state index contributed by atoms with van der Waals surface area (Å²) in [6, 6.07) is 0. The van der Waals surface area contributed by atoms with Gasteiger partial charge in [-0.05, 0) is 29.7 Å². The largest absolute Gasteiger partial charge is 0.615 e. The molecular weight excluding hydrogens is 108 g/mol. The van der Waals surface area contributed by atoms with Crippen LogP contribution < -0.4 is 0 Å². The maximum Gasteiger partial charge on any atom is 0.263 e. The quantitative estimate of drug-likeness (QED) is 0.426. The Bertz CT molecular complexity index is 98.3. The van der Waals surface area contributed by atoms with Crippen LogP contribution in [0.25, 0.3) is 0 Å². The Morgan fingerprint density at radius 3 is 2.86 bits per heavy atom. The van der Waals surface area contributed by atoms with Crippen LogP contribution in [0.3, 0.4) is 0 Å². The zero-order valence-electron chi connectivity index (χ0n) is 4.10. The van der Waals surface area contributed by atoms with Gasteiger partial charge in [-0.25, -0.2) is 0 Å². The SMILES string of the molecule is CC1=C[C][S+]([O-])C1. The van der Waals surface area contributed by atoms with Crippen molar-refractivity contribution in [3.63, 3.8) is 0 Å². The van der Waals surface area contributed by atoms with Gasteiger partial charge in [-0.15, -0.1) is 0 Å². The highest BCUT2D eigenvalue weighted by molar-refractivity contribution is 7.94. The van der Waals surface area contributed by atoms with Crippen molar-refractivity contribution in [1.29, 1.82) is 0 Å². The molecule has 1 aliphatic heterocycles. The molecule has 0 aromatic heterocycles. The third-order valence-corrected chi connectivity index (χ3v) is 1.89. The fourth-order valence-corrected chi connectivity index (χ4v) is 1.37. The summed E-state index contributed by atoms with van der Waals surface area (Å²) < 4.78 is 10.4. The molecule has 0 amide bonds. The lowest BCUT2D eigenvalue weighted by molar-refractivity contribution is 0.605. The molecule has 0 aliphatic carbocycles. The van der Waals surface area contributed by atoms with Crippen molar-refractivity contribution in [1.82, 2.24) is 0 Å². The summed E-state index contributed by atoms with van der Waals surface area (Å²) in [6.45, 7) is 1.96. The maximum atomic E-state index is 10.4. The first kappa shape index (κ1) is 5.19. The summed E-state index contributed by atoms with van der Waals surface area (Å²) in [7, 11) is 0. The van der Waals surface area contributed by atoms with Gasteiger partial charge in [0.25, 0.3) is 5.75 Å². The van der Waals surface area contributed by atoms with Crippen molar-refractivity contribution in [2.24, 2.45) is 0 Å². The molecule has 1 nitrogen and oxygen atoms in total. The topological polar surface area (TPSA) is 23.1 Å². The van der Waals surface area contributed by atoms with E-state index < -0.39 is 11.2 Å². The van der Waals surface area contributed by atoms with Crippen molar-refractivity contribution in [2.45, 2.75) is 6.92 Å². The monoisotopic (exact) mass is 114 g/mol. The number of rotatable bonds is 0. The van der Waals surface area contributed by atoms with Crippen LogP contribution >= 0.6 is 0 Å². The molecule has 0 fully saturated rings. The molecule has 1 aliphatic rings. The van der Waals surface area contributed by atoms with E-state index in [0.29, 0.717) is 5.75 Å². The van der Waals surface area contributed by atoms with E-state index >= 15 is 0 Å². The molecule has 1 rings (SSSR count). The summed E-state index contributed by atoms with van der Waals surface area (Å²) in [4.78, 5) is 0. The Morgan fingerprint density at radius 1 is 2.00 bits per heavy atom. The minimum absolute atomic E-state index is 0.694. The first-order chi connectivity index (χ1) is 3.29. The average molecular weight is 114 g/mol. The lowest BCUT2D eigenvalue weighted by atomic mass is 10.3. The highest BCUT2D eigenvalue weighted by Crippen LogP contribution is 2.13. The summed E-state index contributed by atoms with van der Waals surface area (Å²) in [5, 5.41) is 0. The lowest BCUT2D eigenvalue weighted by Crippen LogP contribution is -1.97. The van der Waals surface area contributed by atoms with Crippen molar-refractivity contribution in [3.8, 4) is 0 Å². The molecule has 0 N–H and O–H groups in total. The first-order valence-electron chi connectivity index (χ1n) is 2.09. The molecule has 0 saturated heterocycles. The van der Waals surface area contributed by atoms with Crippen LogP contribution in [-0.2, 0) is 11.2 Å². The van der Waals surface area contributed by atoms with E-state index in [4.69, 9.17) is 0 Å². The molecule has 1 heterocycles. The highest BCUT2D eigenvalue weighted by Gasteiger charge is 2.14. The van der Waals surface area contributed by atoms with Gasteiger partial charge in [-0.2, -0.15) is 0 Å². The van der Waals surface area contributed by atoms with E-state index in [-0.39, 0.29) is 0 Å². The zero-order valence-corrected chi connectivity index (χ0v) is 4.92. The van der Waals surface area contributed by atoms with Gasteiger partial charge in [0.15, 0.2) is 0 Å². The molecule has 7 heavy (non-hydrogen) atoms. The molecule has 0 aromatic carbocycles. The minimum atomic E-state index is -0.796. The van der Waals surface area contributed by atoms with Gasteiger partial charge in [0, 0.05) is 0 Å². The fourth-order valence-electron chi connectivity index (χ4n) is 0.456. The summed E-state index contributed by atoms with van der Waals surface area (Å²) >= 11 is -0.796. The summed E-state index contributed by atoms with van der Waals surface area (Å²) in [5.41, 5.74) is 1.17. The van der Waals surface area contributed by atoms with Crippen molar-refractivity contribution in [2.75, 3.05) is 5.75 Å². The van der Waals surface area contributed by atoms with Gasteiger partial charge in [-0.1, -0.05) is 0 Å². The van der Waals surface area contributed by atoms with Crippen LogP contribution in [0, 0.1) is 5.75 Å². The van der Waals surface area contributed by atoms with Crippen LogP contribution in [0.15, 0.2) is 11.6 Å². The second-order valence-corrected chi connectivity index (χ2v) is 2.81. The minimum Gasteiger partial charge on any atom is -0.615 e. The molecule has 2 radical (unpaired) electrons. The Labute approximate surface area is 46.6 Å². The van der Waals surface area contributed by atoms with Crippen LogP contribution in [0.5, 0.6) is 0 Å². The lowest BCUT2D eigenvalue weighted by Gasteiger charge is -1.96. The van der Waals surface area contributed by atoms with E-state index in [1.807, 2.05) is 6.92 Å². The van der Waals surface area contributed by atoms with E-state index in [1.54, 1.807) is 6.08 Å². The van der Waals surface area contributed by atoms with E-state index in [0.717, 1.165) is 0 Å². The molecule has 0 aromatic rings. The summed E-state index contributed by atoms with van der Waals surface area (Å²) in [5.74, 6) is 3.37. The average Bonchev–Trinajstić information content (AvgIpc) is 1.87. The van der Waals surface area contributed by atoms with E-state index in [2.05, 4.69) is 5.75 Å². The van der Waals surface area contributed by atoms with Crippen LogP contribution in [-0.4, -0.2) is 10.3 Å². The Hall–Kier alpha value is 0.0500. The predicted octanol–water partition coefficient (Wildman–Crippen LogP) is 0.734. The standard InChI is InChI=1S/C5H6OS/c1-5-2-3-7(6)4-5/h2H,4H2,1H3. The normalized spacial score (nSPS) is 30.6. The molecule has 1 unspecified atom stereocenters. The van der Waals surface area contributed by atoms with Crippen molar-refractivity contribution in [3.05, 3.63) is 17.4 Å². The third-order valence-electron chi connectivity index (χ3n) is 0.796. The van der Waals surface area contributed by atoms with Gasteiger partial charge >= 0.3 is 0 Å². The van der Waals surface area contributed by atoms with Crippen molar-refractivity contribution < 1.29 is 4.55 Å². The van der Waals surface area contributed by atoms with Crippen LogP contribution in [0.1, 0.15) is 6.92 Å². The Morgan fingerprint density at radius 2 is 2.71 bits per heavy atom. The zero-order chi connectivity index (χ0) is 5.28. The van der Waals surface area contributed by atoms with Crippen LogP contribution in [0.4, 0.5) is 0 Å². The van der Waals surface area contributed by atoms with Crippen LogP contribution in [0.2, 0.25) is 0 Å². The maximum absolute atomic E-state index is 10.4. The van der Waals surface area contributed by atoms with Crippen molar-refractivity contribution >= 4 is 11.2 Å². The molecule has 0 saturated carbocycles. The van der Waals surface area contributed by atoms with Gasteiger partial charge in [0.05, 0.1) is 0 Å². The van der Waals surface area contributed by atoms with Gasteiger partial charge in [0.2, 0.25) is 0 Å². The second kappa shape index (κ2) is 1.88. The Kier molecular flexibility index (Phi) is 1.40. The molecular formula is C5H6OS. The van der Waals surface area contributed by atoms with Gasteiger partial charge < -0.3 is 4.55 Å². The van der Waals surface area contributed by atoms with Gasteiger partial charge in [-0.3, -0.25) is 0 Å². The second-order valence-electron chi connectivity index (χ2n) is 1.60. The molecule has 0 spiro atoms. The fraction of sp³-hybridized carbons (Fsp3) is 0.400. The molecule has 1 atom stereocenters. The molecule has 2 heteroatoms. The third kappa shape index (κ3) is 1.21. The van der Waals surface area contributed by atoms with Gasteiger partial charge in [0.1, 0.15) is 5.75 Å². The van der Waals surface area contributed by atoms with E-state index in [9.17, 15) is 4.55 Å². The smallest absolute Gasteiger partial charge is 0.263 e. The number of hydrogen-bond donors (Lipinski definition) is 0. The Balaban J connectivity index is 2.42. The number of hydrogen-bond acceptors (Lipinski definition) is 1. The van der Waals surface area contributed by atoms with E-state index in [1.165, 1.54) is 5.57 Å². The highest BCUT2D eigenvalue weighted by atomic mass is 32.2. The summed E-state index contributed by atoms with van der Waals surface area (Å²) in [6.07, 6.45) is 1.79. The first-order valence-corrected chi connectivity index (χ1v) is 3.41. The predicted molar refractivity (Wildman–Crippen MR) is 30.0 cm³/mol.